The number of hydrogen-bond donors (Lipinski definition) is 2. The number of hydrogen-bond acceptors (Lipinski definition) is 3. The molecular weight excluding hydrogens is 366 g/mol. The minimum atomic E-state index is -3.16. The van der Waals surface area contributed by atoms with Crippen molar-refractivity contribution >= 4 is 28.3 Å². The van der Waals surface area contributed by atoms with Crippen molar-refractivity contribution in [3.05, 3.63) is 33.8 Å². The zero-order valence-electron chi connectivity index (χ0n) is 11.8. The third-order valence-electron chi connectivity index (χ3n) is 3.66. The van der Waals surface area contributed by atoms with Gasteiger partial charge in [-0.15, -0.1) is 12.4 Å². The molecule has 2 rings (SSSR count). The van der Waals surface area contributed by atoms with Crippen LogP contribution < -0.4 is 5.32 Å². The van der Waals surface area contributed by atoms with Crippen molar-refractivity contribution in [2.24, 2.45) is 0 Å². The Labute approximate surface area is 138 Å². The summed E-state index contributed by atoms with van der Waals surface area (Å²) in [6, 6.07) is 4.30. The van der Waals surface area contributed by atoms with Crippen molar-refractivity contribution in [3.63, 3.8) is 0 Å². The number of alkyl halides is 2. The van der Waals surface area contributed by atoms with Crippen LogP contribution in [0.25, 0.3) is 0 Å². The molecule has 0 aromatic heterocycles. The predicted molar refractivity (Wildman–Crippen MR) is 85.3 cm³/mol. The monoisotopic (exact) mass is 384 g/mol. The van der Waals surface area contributed by atoms with Crippen molar-refractivity contribution in [2.75, 3.05) is 32.8 Å². The molecule has 7 heteroatoms. The van der Waals surface area contributed by atoms with Gasteiger partial charge in [0.05, 0.1) is 0 Å². The molecular formula is C14H20BrClF2N2O. The topological polar surface area (TPSA) is 35.5 Å². The Bertz CT molecular complexity index is 470. The average Bonchev–Trinajstić information content (AvgIpc) is 2.44. The fraction of sp³-hybridized carbons (Fsp3) is 0.571. The summed E-state index contributed by atoms with van der Waals surface area (Å²) in [4.78, 5) is 1.75. The Kier molecular flexibility index (Phi) is 7.00. The molecule has 0 saturated carbocycles. The summed E-state index contributed by atoms with van der Waals surface area (Å²) < 4.78 is 29.3. The normalized spacial score (nSPS) is 18.1. The van der Waals surface area contributed by atoms with Gasteiger partial charge in [0.2, 0.25) is 0 Å². The number of nitrogens with one attached hydrogen (secondary N) is 1. The highest BCUT2D eigenvalue weighted by Gasteiger charge is 2.44. The second kappa shape index (κ2) is 7.83. The van der Waals surface area contributed by atoms with Crippen molar-refractivity contribution in [1.29, 1.82) is 0 Å². The van der Waals surface area contributed by atoms with Crippen LogP contribution in [0.2, 0.25) is 0 Å². The van der Waals surface area contributed by atoms with Gasteiger partial charge in [-0.25, -0.2) is 8.78 Å². The molecule has 1 aromatic rings. The average molecular weight is 386 g/mol. The number of aryl methyl sites for hydroxylation is 1. The number of rotatable bonds is 4. The Balaban J connectivity index is 0.00000220. The van der Waals surface area contributed by atoms with E-state index >= 15 is 0 Å². The number of nitrogens with zero attached hydrogens (tertiary/aromatic N) is 1. The van der Waals surface area contributed by atoms with Crippen LogP contribution in [0.1, 0.15) is 17.2 Å². The Morgan fingerprint density at radius 1 is 1.38 bits per heavy atom. The highest BCUT2D eigenvalue weighted by atomic mass is 79.9. The fourth-order valence-corrected chi connectivity index (χ4v) is 3.00. The van der Waals surface area contributed by atoms with E-state index in [4.69, 9.17) is 5.11 Å². The van der Waals surface area contributed by atoms with Gasteiger partial charge in [0.15, 0.2) is 0 Å². The van der Waals surface area contributed by atoms with Crippen LogP contribution in [0, 0.1) is 6.92 Å². The number of halogens is 4. The SMILES string of the molecule is Cc1ccc(Br)cc1[C@H](N1CCNCC1)C(F)(F)CO.Cl. The molecule has 1 atom stereocenters. The smallest absolute Gasteiger partial charge is 0.289 e. The molecule has 1 fully saturated rings. The first-order chi connectivity index (χ1) is 9.45. The van der Waals surface area contributed by atoms with Gasteiger partial charge in [0, 0.05) is 30.7 Å². The minimum Gasteiger partial charge on any atom is -0.390 e. The van der Waals surface area contributed by atoms with Gasteiger partial charge < -0.3 is 10.4 Å². The summed E-state index contributed by atoms with van der Waals surface area (Å²) in [6.45, 7) is 3.15. The maximum Gasteiger partial charge on any atom is 0.289 e. The number of benzene rings is 1. The Morgan fingerprint density at radius 2 is 2.00 bits per heavy atom. The van der Waals surface area contributed by atoms with Gasteiger partial charge >= 0.3 is 0 Å². The lowest BCUT2D eigenvalue weighted by atomic mass is 9.94. The molecule has 0 radical (unpaired) electrons. The van der Waals surface area contributed by atoms with E-state index in [1.807, 2.05) is 19.1 Å². The Morgan fingerprint density at radius 3 is 2.57 bits per heavy atom. The lowest BCUT2D eigenvalue weighted by Gasteiger charge is -2.39. The van der Waals surface area contributed by atoms with E-state index in [1.165, 1.54) is 0 Å². The van der Waals surface area contributed by atoms with Crippen LogP contribution in [0.3, 0.4) is 0 Å². The van der Waals surface area contributed by atoms with E-state index in [-0.39, 0.29) is 12.4 Å². The largest absolute Gasteiger partial charge is 0.390 e. The molecule has 1 saturated heterocycles. The van der Waals surface area contributed by atoms with E-state index < -0.39 is 18.6 Å². The molecule has 3 nitrogen and oxygen atoms in total. The van der Waals surface area contributed by atoms with Crippen molar-refractivity contribution in [1.82, 2.24) is 10.2 Å². The van der Waals surface area contributed by atoms with Crippen LogP contribution in [0.4, 0.5) is 8.78 Å². The van der Waals surface area contributed by atoms with E-state index in [1.54, 1.807) is 11.0 Å². The van der Waals surface area contributed by atoms with Crippen molar-refractivity contribution < 1.29 is 13.9 Å². The maximum atomic E-state index is 14.3. The Hall–Kier alpha value is -0.270. The number of aliphatic hydroxyl groups excluding tert-OH is 1. The van der Waals surface area contributed by atoms with Crippen LogP contribution in [0.5, 0.6) is 0 Å². The van der Waals surface area contributed by atoms with Crippen molar-refractivity contribution in [2.45, 2.75) is 18.9 Å². The lowest BCUT2D eigenvalue weighted by molar-refractivity contribution is -0.118. The molecule has 0 bridgehead atoms. The standard InChI is InChI=1S/C14H19BrF2N2O.ClH/c1-10-2-3-11(15)8-12(10)13(14(16,17)9-20)19-6-4-18-5-7-19;/h2-3,8,13,18,20H,4-7,9H2,1H3;1H/t13-;/m0./s1. The molecule has 0 aliphatic carbocycles. The second-order valence-corrected chi connectivity index (χ2v) is 6.02. The summed E-state index contributed by atoms with van der Waals surface area (Å²) in [5, 5.41) is 12.3. The van der Waals surface area contributed by atoms with Crippen LogP contribution in [-0.2, 0) is 0 Å². The quantitative estimate of drug-likeness (QED) is 0.836. The summed E-state index contributed by atoms with van der Waals surface area (Å²) in [5.41, 5.74) is 1.38. The summed E-state index contributed by atoms with van der Waals surface area (Å²) in [6.07, 6.45) is 0. The molecule has 120 valence electrons. The van der Waals surface area contributed by atoms with Crippen molar-refractivity contribution in [3.8, 4) is 0 Å². The van der Waals surface area contributed by atoms with E-state index in [0.717, 1.165) is 10.0 Å². The molecule has 1 aromatic carbocycles. The van der Waals surface area contributed by atoms with Gasteiger partial charge in [-0.2, -0.15) is 0 Å². The fourth-order valence-electron chi connectivity index (χ4n) is 2.62. The molecule has 1 aliphatic rings. The van der Waals surface area contributed by atoms with Gasteiger partial charge in [-0.3, -0.25) is 4.90 Å². The molecule has 0 unspecified atom stereocenters. The van der Waals surface area contributed by atoms with E-state index in [0.29, 0.717) is 31.7 Å². The first-order valence-electron chi connectivity index (χ1n) is 6.65. The molecule has 0 spiro atoms. The lowest BCUT2D eigenvalue weighted by Crippen LogP contribution is -2.51. The molecule has 1 aliphatic heterocycles. The first-order valence-corrected chi connectivity index (χ1v) is 7.44. The van der Waals surface area contributed by atoms with Gasteiger partial charge in [-0.05, 0) is 30.2 Å². The molecule has 1 heterocycles. The van der Waals surface area contributed by atoms with E-state index in [2.05, 4.69) is 21.2 Å². The number of piperazine rings is 1. The van der Waals surface area contributed by atoms with Crippen LogP contribution >= 0.6 is 28.3 Å². The zero-order valence-corrected chi connectivity index (χ0v) is 14.2. The van der Waals surface area contributed by atoms with Gasteiger partial charge in [0.25, 0.3) is 5.92 Å². The second-order valence-electron chi connectivity index (χ2n) is 5.11. The summed E-state index contributed by atoms with van der Waals surface area (Å²) >= 11 is 3.34. The molecule has 0 amide bonds. The minimum absolute atomic E-state index is 0. The highest BCUT2D eigenvalue weighted by Crippen LogP contribution is 2.38. The third kappa shape index (κ3) is 4.36. The summed E-state index contributed by atoms with van der Waals surface area (Å²) in [7, 11) is 0. The number of aliphatic hydroxyl groups is 1. The molecule has 2 N–H and O–H groups in total. The summed E-state index contributed by atoms with van der Waals surface area (Å²) in [5.74, 6) is -3.16. The van der Waals surface area contributed by atoms with Gasteiger partial charge in [0.1, 0.15) is 12.6 Å². The molecule has 21 heavy (non-hydrogen) atoms. The van der Waals surface area contributed by atoms with Crippen LogP contribution in [-0.4, -0.2) is 48.7 Å². The van der Waals surface area contributed by atoms with Crippen LogP contribution in [0.15, 0.2) is 22.7 Å². The van der Waals surface area contributed by atoms with Gasteiger partial charge in [-0.1, -0.05) is 22.0 Å². The zero-order chi connectivity index (χ0) is 14.8. The van der Waals surface area contributed by atoms with E-state index in [9.17, 15) is 8.78 Å². The third-order valence-corrected chi connectivity index (χ3v) is 4.16. The predicted octanol–water partition coefficient (Wildman–Crippen LogP) is 2.75. The highest BCUT2D eigenvalue weighted by molar-refractivity contribution is 9.10. The maximum absolute atomic E-state index is 14.3. The first kappa shape index (κ1) is 18.8.